The number of rotatable bonds is 4. The number of aromatic nitrogens is 3. The average molecular weight is 447 g/mol. The summed E-state index contributed by atoms with van der Waals surface area (Å²) in [5.41, 5.74) is 3.50. The molecule has 0 aliphatic carbocycles. The molecule has 1 fully saturated rings. The van der Waals surface area contributed by atoms with E-state index in [4.69, 9.17) is 0 Å². The van der Waals surface area contributed by atoms with Gasteiger partial charge in [-0.25, -0.2) is 9.07 Å². The van der Waals surface area contributed by atoms with Crippen molar-refractivity contribution in [3.63, 3.8) is 0 Å². The molecule has 0 spiro atoms. The van der Waals surface area contributed by atoms with Gasteiger partial charge in [0.2, 0.25) is 5.91 Å². The van der Waals surface area contributed by atoms with Crippen molar-refractivity contribution in [2.24, 2.45) is 5.92 Å². The third-order valence-corrected chi connectivity index (χ3v) is 6.48. The smallest absolute Gasteiger partial charge is 0.278 e. The highest BCUT2D eigenvalue weighted by Crippen LogP contribution is 2.29. The topological polar surface area (TPSA) is 60.1 Å². The predicted octanol–water partition coefficient (Wildman–Crippen LogP) is 4.06. The highest BCUT2D eigenvalue weighted by Gasteiger charge is 2.25. The molecule has 0 radical (unpaired) electrons. The summed E-state index contributed by atoms with van der Waals surface area (Å²) in [4.78, 5) is 27.9. The van der Waals surface area contributed by atoms with E-state index in [0.717, 1.165) is 29.5 Å². The second-order valence-electron chi connectivity index (χ2n) is 9.22. The second-order valence-corrected chi connectivity index (χ2v) is 9.22. The molecule has 0 saturated carbocycles. The summed E-state index contributed by atoms with van der Waals surface area (Å²) in [6.45, 7) is 6.02. The van der Waals surface area contributed by atoms with E-state index in [2.05, 4.69) is 18.1 Å². The minimum absolute atomic E-state index is 0.102. The molecule has 6 nitrogen and oxygen atoms in total. The lowest BCUT2D eigenvalue weighted by Crippen LogP contribution is -2.42. The standard InChI is InChI=1S/C26H27FN4O2/c1-17-5-3-7-19(11-17)14-30-15-22-25(21-12-20(27)8-9-23(21)30)28-31(26(22)33)16-24(32)29-10-4-6-18(2)13-29/h3,5,7-9,11-12,15,18H,4,6,10,13-14,16H2,1-2H3/t18-/m0/s1. The summed E-state index contributed by atoms with van der Waals surface area (Å²) in [7, 11) is 0. The predicted molar refractivity (Wildman–Crippen MR) is 126 cm³/mol. The lowest BCUT2D eigenvalue weighted by molar-refractivity contribution is -0.133. The maximum atomic E-state index is 14.2. The van der Waals surface area contributed by atoms with Gasteiger partial charge in [0.15, 0.2) is 0 Å². The van der Waals surface area contributed by atoms with Crippen LogP contribution in [0.25, 0.3) is 22.2 Å². The molecule has 0 N–H and O–H groups in total. The Hall–Kier alpha value is -3.48. The largest absolute Gasteiger partial charge is 0.342 e. The van der Waals surface area contributed by atoms with Crippen molar-refractivity contribution in [2.45, 2.75) is 39.8 Å². The number of piperidine rings is 1. The monoisotopic (exact) mass is 446 g/mol. The summed E-state index contributed by atoms with van der Waals surface area (Å²) >= 11 is 0. The molecule has 3 aliphatic rings. The first-order valence-electron chi connectivity index (χ1n) is 11.4. The van der Waals surface area contributed by atoms with E-state index < -0.39 is 5.82 Å². The van der Waals surface area contributed by atoms with Gasteiger partial charge in [-0.1, -0.05) is 36.8 Å². The van der Waals surface area contributed by atoms with Gasteiger partial charge >= 0.3 is 0 Å². The van der Waals surface area contributed by atoms with Gasteiger partial charge in [0.05, 0.1) is 11.1 Å². The Kier molecular flexibility index (Phi) is 5.48. The van der Waals surface area contributed by atoms with Crippen molar-refractivity contribution in [3.8, 4) is 11.3 Å². The highest BCUT2D eigenvalue weighted by molar-refractivity contribution is 5.93. The second kappa shape index (κ2) is 8.46. The number of benzene rings is 2. The minimum Gasteiger partial charge on any atom is -0.342 e. The Morgan fingerprint density at radius 3 is 2.85 bits per heavy atom. The van der Waals surface area contributed by atoms with Crippen LogP contribution in [0.4, 0.5) is 4.39 Å². The number of nitrogens with zero attached hydrogens (tertiary/aromatic N) is 4. The molecule has 0 aromatic heterocycles. The first kappa shape index (κ1) is 21.4. The summed E-state index contributed by atoms with van der Waals surface area (Å²) in [5, 5.41) is 5.04. The molecule has 2 aromatic rings. The zero-order valence-electron chi connectivity index (χ0n) is 18.9. The minimum atomic E-state index is -0.391. The molecule has 3 heterocycles. The van der Waals surface area contributed by atoms with Gasteiger partial charge in [0.1, 0.15) is 18.1 Å². The fourth-order valence-electron chi connectivity index (χ4n) is 4.84. The summed E-state index contributed by atoms with van der Waals surface area (Å²) < 4.78 is 17.4. The van der Waals surface area contributed by atoms with Gasteiger partial charge in [-0.2, -0.15) is 5.10 Å². The van der Waals surface area contributed by atoms with Gasteiger partial charge in [-0.15, -0.1) is 0 Å². The summed E-state index contributed by atoms with van der Waals surface area (Å²) in [6.07, 6.45) is 3.86. The van der Waals surface area contributed by atoms with Crippen molar-refractivity contribution in [1.82, 2.24) is 19.2 Å². The molecular weight excluding hydrogens is 419 g/mol. The van der Waals surface area contributed by atoms with Crippen molar-refractivity contribution in [1.29, 1.82) is 0 Å². The van der Waals surface area contributed by atoms with E-state index >= 15 is 0 Å². The van der Waals surface area contributed by atoms with Gasteiger partial charge < -0.3 is 9.47 Å². The molecule has 1 amide bonds. The van der Waals surface area contributed by atoms with Crippen LogP contribution in [-0.4, -0.2) is 38.2 Å². The maximum Gasteiger partial charge on any atom is 0.278 e. The molecule has 33 heavy (non-hydrogen) atoms. The fourth-order valence-corrected chi connectivity index (χ4v) is 4.84. The molecule has 0 bridgehead atoms. The molecule has 1 saturated heterocycles. The molecule has 3 aliphatic heterocycles. The fraction of sp³-hybridized carbons (Fsp3) is 0.346. The van der Waals surface area contributed by atoms with Crippen LogP contribution in [0.2, 0.25) is 0 Å². The van der Waals surface area contributed by atoms with Crippen LogP contribution in [0.3, 0.4) is 0 Å². The Morgan fingerprint density at radius 1 is 1.21 bits per heavy atom. The van der Waals surface area contributed by atoms with Crippen molar-refractivity contribution >= 4 is 16.8 Å². The average Bonchev–Trinajstić information content (AvgIpc) is 3.09. The number of carbonyl (C=O) groups excluding carboxylic acids is 1. The Bertz CT molecular complexity index is 1370. The van der Waals surface area contributed by atoms with Crippen LogP contribution in [0.15, 0.2) is 53.5 Å². The number of hydrogen-bond acceptors (Lipinski definition) is 3. The number of carbonyl (C=O) groups is 1. The molecule has 2 aromatic carbocycles. The third kappa shape index (κ3) is 4.15. The van der Waals surface area contributed by atoms with Crippen molar-refractivity contribution < 1.29 is 9.18 Å². The van der Waals surface area contributed by atoms with E-state index in [1.54, 1.807) is 12.3 Å². The van der Waals surface area contributed by atoms with Crippen LogP contribution >= 0.6 is 0 Å². The first-order valence-corrected chi connectivity index (χ1v) is 11.4. The quantitative estimate of drug-likeness (QED) is 0.475. The SMILES string of the molecule is Cc1cccc(Cn2cc3c(=O)n(CC(=O)N4CCC[C@H](C)C4)nc-3c3cc(F)ccc32)c1. The number of pyridine rings is 1. The molecule has 170 valence electrons. The van der Waals surface area contributed by atoms with E-state index in [-0.39, 0.29) is 18.0 Å². The zero-order valence-corrected chi connectivity index (χ0v) is 18.9. The third-order valence-electron chi connectivity index (χ3n) is 6.48. The number of halogens is 1. The molecular formula is C26H27FN4O2. The van der Waals surface area contributed by atoms with Crippen molar-refractivity contribution in [3.05, 3.63) is 76.0 Å². The number of hydrogen-bond donors (Lipinski definition) is 0. The number of fused-ring (bicyclic) bond motifs is 3. The lowest BCUT2D eigenvalue weighted by atomic mass is 10.0. The van der Waals surface area contributed by atoms with Crippen LogP contribution < -0.4 is 5.56 Å². The van der Waals surface area contributed by atoms with Gasteiger partial charge in [-0.3, -0.25) is 9.59 Å². The van der Waals surface area contributed by atoms with E-state index in [9.17, 15) is 14.0 Å². The Balaban J connectivity index is 1.57. The first-order chi connectivity index (χ1) is 15.9. The van der Waals surface area contributed by atoms with Crippen LogP contribution in [0, 0.1) is 18.7 Å². The lowest BCUT2D eigenvalue weighted by Gasteiger charge is -2.30. The van der Waals surface area contributed by atoms with E-state index in [1.807, 2.05) is 34.6 Å². The Labute approximate surface area is 191 Å². The molecule has 7 heteroatoms. The molecule has 1 atom stereocenters. The number of likely N-dealkylation sites (tertiary alicyclic amines) is 1. The van der Waals surface area contributed by atoms with Gasteiger partial charge in [0, 0.05) is 31.2 Å². The van der Waals surface area contributed by atoms with Gasteiger partial charge in [-0.05, 0) is 49.4 Å². The van der Waals surface area contributed by atoms with E-state index in [1.165, 1.54) is 16.8 Å². The maximum absolute atomic E-state index is 14.2. The van der Waals surface area contributed by atoms with Crippen LogP contribution in [0.5, 0.6) is 0 Å². The summed E-state index contributed by atoms with van der Waals surface area (Å²) in [5.74, 6) is -0.0364. The molecule has 0 unspecified atom stereocenters. The molecule has 5 rings (SSSR count). The normalized spacial score (nSPS) is 16.6. The summed E-state index contributed by atoms with van der Waals surface area (Å²) in [6, 6.07) is 12.7. The van der Waals surface area contributed by atoms with E-state index in [0.29, 0.717) is 42.2 Å². The Morgan fingerprint density at radius 2 is 2.06 bits per heavy atom. The van der Waals surface area contributed by atoms with Gasteiger partial charge in [0.25, 0.3) is 5.56 Å². The van der Waals surface area contributed by atoms with Crippen LogP contribution in [-0.2, 0) is 17.9 Å². The number of amides is 1. The zero-order chi connectivity index (χ0) is 23.1. The number of aryl methyl sites for hydroxylation is 1. The van der Waals surface area contributed by atoms with Crippen molar-refractivity contribution in [2.75, 3.05) is 13.1 Å². The van der Waals surface area contributed by atoms with Crippen LogP contribution in [0.1, 0.15) is 30.9 Å². The highest BCUT2D eigenvalue weighted by atomic mass is 19.1.